The Kier molecular flexibility index (Phi) is 4.27. The summed E-state index contributed by atoms with van der Waals surface area (Å²) in [6.07, 6.45) is 0. The van der Waals surface area contributed by atoms with E-state index >= 15 is 0 Å². The lowest BCUT2D eigenvalue weighted by Crippen LogP contribution is -2.63. The number of thioether (sulfide) groups is 1. The van der Waals surface area contributed by atoms with Crippen LogP contribution in [0.3, 0.4) is 0 Å². The fourth-order valence-electron chi connectivity index (χ4n) is 3.02. The highest BCUT2D eigenvalue weighted by Crippen LogP contribution is 2.39. The van der Waals surface area contributed by atoms with Gasteiger partial charge in [0, 0.05) is 4.75 Å². The molecule has 0 unspecified atom stereocenters. The number of carboxylic acids is 1. The molecule has 4 N–H and O–H groups in total. The smallest absolute Gasteiger partial charge is 0.322 e. The van der Waals surface area contributed by atoms with Gasteiger partial charge in [0.1, 0.15) is 18.1 Å². The first-order chi connectivity index (χ1) is 11.3. The lowest BCUT2D eigenvalue weighted by Gasteiger charge is -2.32. The largest absolute Gasteiger partial charge is 0.480 e. The van der Waals surface area contributed by atoms with Gasteiger partial charge in [-0.05, 0) is 19.4 Å². The molecule has 2 aliphatic rings. The number of amides is 2. The average Bonchev–Trinajstić information content (AvgIpc) is 2.85. The number of hydrogen-bond donors (Lipinski definition) is 4. The Morgan fingerprint density at radius 1 is 1.12 bits per heavy atom. The fourth-order valence-corrected chi connectivity index (χ4v) is 4.51. The van der Waals surface area contributed by atoms with E-state index in [1.54, 1.807) is 38.1 Å². The first kappa shape index (κ1) is 16.8. The summed E-state index contributed by atoms with van der Waals surface area (Å²) in [7, 11) is 0. The third-order valence-electron chi connectivity index (χ3n) is 4.27. The van der Waals surface area contributed by atoms with Crippen molar-refractivity contribution in [3.63, 3.8) is 0 Å². The van der Waals surface area contributed by atoms with Crippen LogP contribution in [0.2, 0.25) is 0 Å². The molecule has 2 saturated heterocycles. The molecule has 8 heteroatoms. The molecule has 4 atom stereocenters. The quantitative estimate of drug-likeness (QED) is 0.623. The summed E-state index contributed by atoms with van der Waals surface area (Å²) in [6.45, 7) is 3.61. The topological polar surface area (TPSA) is 108 Å². The van der Waals surface area contributed by atoms with Crippen LogP contribution >= 0.6 is 11.8 Å². The van der Waals surface area contributed by atoms with Crippen LogP contribution in [0, 0.1) is 0 Å². The van der Waals surface area contributed by atoms with E-state index < -0.39 is 34.2 Å². The first-order valence-corrected chi connectivity index (χ1v) is 8.50. The van der Waals surface area contributed by atoms with Crippen molar-refractivity contribution in [1.29, 1.82) is 0 Å². The van der Waals surface area contributed by atoms with E-state index in [-0.39, 0.29) is 11.8 Å². The van der Waals surface area contributed by atoms with E-state index in [0.717, 1.165) is 0 Å². The minimum absolute atomic E-state index is 0.301. The first-order valence-electron chi connectivity index (χ1n) is 7.62. The van der Waals surface area contributed by atoms with Crippen molar-refractivity contribution in [1.82, 2.24) is 16.0 Å². The maximum absolute atomic E-state index is 12.5. The summed E-state index contributed by atoms with van der Waals surface area (Å²) in [4.78, 5) is 36.2. The van der Waals surface area contributed by atoms with Gasteiger partial charge in [-0.3, -0.25) is 19.7 Å². The Morgan fingerprint density at radius 3 is 2.38 bits per heavy atom. The van der Waals surface area contributed by atoms with Crippen molar-refractivity contribution < 1.29 is 19.5 Å². The number of carbonyl (C=O) groups is 3. The zero-order valence-electron chi connectivity index (χ0n) is 13.3. The van der Waals surface area contributed by atoms with Gasteiger partial charge in [-0.25, -0.2) is 0 Å². The molecular weight excluding hydrogens is 330 g/mol. The maximum atomic E-state index is 12.5. The van der Waals surface area contributed by atoms with Crippen molar-refractivity contribution in [2.24, 2.45) is 0 Å². The number of rotatable bonds is 3. The number of carbonyl (C=O) groups excluding carboxylic acids is 2. The van der Waals surface area contributed by atoms with Crippen molar-refractivity contribution in [3.8, 4) is 0 Å². The van der Waals surface area contributed by atoms with Gasteiger partial charge in [0.05, 0.1) is 5.37 Å². The van der Waals surface area contributed by atoms with Gasteiger partial charge < -0.3 is 15.7 Å². The molecule has 2 fully saturated rings. The second-order valence-electron chi connectivity index (χ2n) is 6.42. The number of benzene rings is 1. The Hall–Kier alpha value is -2.06. The van der Waals surface area contributed by atoms with Gasteiger partial charge in [0.25, 0.3) is 0 Å². The zero-order chi connectivity index (χ0) is 17.5. The summed E-state index contributed by atoms with van der Waals surface area (Å²) >= 11 is 1.35. The van der Waals surface area contributed by atoms with Gasteiger partial charge in [-0.15, -0.1) is 11.8 Å². The third-order valence-corrected chi connectivity index (χ3v) is 5.77. The molecular formula is C16H19N3O4S. The van der Waals surface area contributed by atoms with Gasteiger partial charge in [0.15, 0.2) is 0 Å². The Bertz CT molecular complexity index is 679. The number of nitrogens with one attached hydrogen (secondary N) is 3. The highest BCUT2D eigenvalue weighted by atomic mass is 32.2. The molecule has 2 amide bonds. The zero-order valence-corrected chi connectivity index (χ0v) is 14.1. The normalized spacial score (nSPS) is 32.1. The Labute approximate surface area is 143 Å². The maximum Gasteiger partial charge on any atom is 0.322 e. The minimum Gasteiger partial charge on any atom is -0.480 e. The van der Waals surface area contributed by atoms with Crippen molar-refractivity contribution >= 4 is 29.5 Å². The second-order valence-corrected chi connectivity index (χ2v) is 8.21. The van der Waals surface area contributed by atoms with Gasteiger partial charge in [0.2, 0.25) is 11.8 Å². The number of piperazine rings is 1. The van der Waals surface area contributed by atoms with Crippen LogP contribution in [0.1, 0.15) is 25.5 Å². The highest BCUT2D eigenvalue weighted by Gasteiger charge is 2.50. The van der Waals surface area contributed by atoms with E-state index in [1.807, 2.05) is 6.07 Å². The van der Waals surface area contributed by atoms with E-state index in [0.29, 0.717) is 5.56 Å². The van der Waals surface area contributed by atoms with Crippen molar-refractivity contribution in [2.75, 3.05) is 0 Å². The summed E-state index contributed by atoms with van der Waals surface area (Å²) in [5.41, 5.74) is 0.706. The van der Waals surface area contributed by atoms with Crippen molar-refractivity contribution in [3.05, 3.63) is 35.9 Å². The molecule has 1 aromatic rings. The number of hydrogen-bond acceptors (Lipinski definition) is 5. The van der Waals surface area contributed by atoms with Gasteiger partial charge in [-0.1, -0.05) is 30.3 Å². The lowest BCUT2D eigenvalue weighted by atomic mass is 10.0. The molecule has 0 aliphatic carbocycles. The molecule has 0 radical (unpaired) electrons. The highest BCUT2D eigenvalue weighted by molar-refractivity contribution is 8.01. The van der Waals surface area contributed by atoms with Crippen LogP contribution in [0.4, 0.5) is 0 Å². The fraction of sp³-hybridized carbons (Fsp3) is 0.438. The van der Waals surface area contributed by atoms with E-state index in [1.165, 1.54) is 11.8 Å². The third kappa shape index (κ3) is 2.99. The average molecular weight is 349 g/mol. The lowest BCUT2D eigenvalue weighted by molar-refractivity contribution is -0.140. The monoisotopic (exact) mass is 349 g/mol. The standard InChI is InChI=1S/C16H19N3O4S/c1-16(2)11(15(22)23)19-14(24-16)10-13(21)17-9(12(20)18-10)8-6-4-3-5-7-8/h3-7,9-11,14,19H,1-2H3,(H,17,21)(H,18,20)(H,22,23)/t9-,10-,11+,14-/m1/s1. The summed E-state index contributed by atoms with van der Waals surface area (Å²) < 4.78 is -0.586. The molecule has 0 saturated carbocycles. The minimum atomic E-state index is -0.972. The van der Waals surface area contributed by atoms with E-state index in [4.69, 9.17) is 0 Å². The summed E-state index contributed by atoms with van der Waals surface area (Å²) in [5, 5.41) is 17.2. The predicted octanol–water partition coefficient (Wildman–Crippen LogP) is 0.237. The molecule has 1 aromatic carbocycles. The Morgan fingerprint density at radius 2 is 1.79 bits per heavy atom. The second kappa shape index (κ2) is 6.10. The molecule has 0 bridgehead atoms. The molecule has 0 spiro atoms. The molecule has 128 valence electrons. The van der Waals surface area contributed by atoms with Crippen LogP contribution in [-0.2, 0) is 14.4 Å². The van der Waals surface area contributed by atoms with E-state index in [2.05, 4.69) is 16.0 Å². The molecule has 2 heterocycles. The number of aliphatic carboxylic acids is 1. The molecule has 7 nitrogen and oxygen atoms in total. The SMILES string of the molecule is CC1(C)S[C@H]([C@@H]2NC(=O)[C@@H](c3ccccc3)NC2=O)N[C@H]1C(=O)O. The van der Waals surface area contributed by atoms with Crippen LogP contribution < -0.4 is 16.0 Å². The van der Waals surface area contributed by atoms with Crippen LogP contribution in [-0.4, -0.2) is 45.1 Å². The molecule has 3 rings (SSSR count). The van der Waals surface area contributed by atoms with Gasteiger partial charge in [-0.2, -0.15) is 0 Å². The summed E-state index contributed by atoms with van der Waals surface area (Å²) in [6, 6.07) is 6.65. The molecule has 24 heavy (non-hydrogen) atoms. The number of carboxylic acid groups (broad SMARTS) is 1. The molecule has 0 aromatic heterocycles. The van der Waals surface area contributed by atoms with Crippen LogP contribution in [0.25, 0.3) is 0 Å². The van der Waals surface area contributed by atoms with Gasteiger partial charge >= 0.3 is 5.97 Å². The van der Waals surface area contributed by atoms with Crippen LogP contribution in [0.15, 0.2) is 30.3 Å². The Balaban J connectivity index is 1.75. The predicted molar refractivity (Wildman–Crippen MR) is 89.3 cm³/mol. The summed E-state index contributed by atoms with van der Waals surface area (Å²) in [5.74, 6) is -1.60. The molecule has 2 aliphatic heterocycles. The van der Waals surface area contributed by atoms with Crippen LogP contribution in [0.5, 0.6) is 0 Å². The van der Waals surface area contributed by atoms with Crippen molar-refractivity contribution in [2.45, 2.75) is 42.1 Å². The van der Waals surface area contributed by atoms with E-state index in [9.17, 15) is 19.5 Å².